The molecule has 0 unspecified atom stereocenters. The van der Waals surface area contributed by atoms with E-state index in [-0.39, 0.29) is 11.6 Å². The summed E-state index contributed by atoms with van der Waals surface area (Å²) < 4.78 is 16.0. The van der Waals surface area contributed by atoms with Gasteiger partial charge in [0.2, 0.25) is 0 Å². The Hall–Kier alpha value is -2.34. The van der Waals surface area contributed by atoms with E-state index in [1.54, 1.807) is 0 Å². The predicted octanol–water partition coefficient (Wildman–Crippen LogP) is 2.33. The fourth-order valence-corrected chi connectivity index (χ4v) is 2.46. The Balaban J connectivity index is 1.62. The van der Waals surface area contributed by atoms with E-state index in [0.29, 0.717) is 19.1 Å². The summed E-state index contributed by atoms with van der Waals surface area (Å²) in [4.78, 5) is 11.9. The van der Waals surface area contributed by atoms with Gasteiger partial charge in [0, 0.05) is 30.7 Å². The van der Waals surface area contributed by atoms with Crippen LogP contribution in [-0.2, 0) is 11.3 Å². The normalized spacial score (nSPS) is 17.2. The maximum absolute atomic E-state index is 11.9. The van der Waals surface area contributed by atoms with Crippen molar-refractivity contribution in [1.82, 2.24) is 10.5 Å². The first-order valence-corrected chi connectivity index (χ1v) is 7.71. The molecular weight excluding hydrogens is 296 g/mol. The molecule has 1 aliphatic heterocycles. The molecule has 1 N–H and O–H groups in total. The van der Waals surface area contributed by atoms with Gasteiger partial charge in [0.1, 0.15) is 12.0 Å². The number of aryl methyl sites for hydroxylation is 1. The Bertz CT molecular complexity index is 649. The molecule has 3 rings (SSSR count). The van der Waals surface area contributed by atoms with Crippen LogP contribution in [0, 0.1) is 12.8 Å². The van der Waals surface area contributed by atoms with Crippen LogP contribution in [0.15, 0.2) is 35.1 Å². The van der Waals surface area contributed by atoms with E-state index >= 15 is 0 Å². The molecule has 23 heavy (non-hydrogen) atoms. The van der Waals surface area contributed by atoms with Crippen molar-refractivity contribution in [3.63, 3.8) is 0 Å². The van der Waals surface area contributed by atoms with Crippen molar-refractivity contribution in [3.05, 3.63) is 47.3 Å². The minimum absolute atomic E-state index is 0.266. The summed E-state index contributed by atoms with van der Waals surface area (Å²) in [5.41, 5.74) is 2.32. The van der Waals surface area contributed by atoms with Gasteiger partial charge in [-0.25, -0.2) is 0 Å². The molecule has 0 saturated carbocycles. The van der Waals surface area contributed by atoms with Gasteiger partial charge in [-0.15, -0.1) is 0 Å². The maximum atomic E-state index is 11.9. The minimum atomic E-state index is -0.269. The van der Waals surface area contributed by atoms with Gasteiger partial charge in [-0.3, -0.25) is 4.79 Å². The van der Waals surface area contributed by atoms with Crippen LogP contribution in [0.4, 0.5) is 0 Å². The third-order valence-corrected chi connectivity index (χ3v) is 3.83. The van der Waals surface area contributed by atoms with Gasteiger partial charge in [0.15, 0.2) is 5.69 Å². The van der Waals surface area contributed by atoms with E-state index in [4.69, 9.17) is 9.47 Å². The lowest BCUT2D eigenvalue weighted by atomic mass is 10.1. The molecule has 0 bridgehead atoms. The van der Waals surface area contributed by atoms with Crippen molar-refractivity contribution < 1.29 is 18.8 Å². The Labute approximate surface area is 134 Å². The van der Waals surface area contributed by atoms with Crippen molar-refractivity contribution in [2.24, 2.45) is 5.92 Å². The van der Waals surface area contributed by atoms with E-state index in [0.717, 1.165) is 36.5 Å². The van der Waals surface area contributed by atoms with Gasteiger partial charge in [-0.1, -0.05) is 17.3 Å². The van der Waals surface area contributed by atoms with Crippen molar-refractivity contribution in [1.29, 1.82) is 0 Å². The number of aromatic nitrogens is 1. The number of nitrogens with zero attached hydrogens (tertiary/aromatic N) is 1. The lowest BCUT2D eigenvalue weighted by Gasteiger charge is -2.15. The van der Waals surface area contributed by atoms with Crippen LogP contribution in [-0.4, -0.2) is 30.9 Å². The fourth-order valence-electron chi connectivity index (χ4n) is 2.46. The molecule has 1 amide bonds. The van der Waals surface area contributed by atoms with Gasteiger partial charge in [-0.05, 0) is 25.0 Å². The Morgan fingerprint density at radius 3 is 3.09 bits per heavy atom. The van der Waals surface area contributed by atoms with Crippen LogP contribution in [0.1, 0.15) is 28.0 Å². The van der Waals surface area contributed by atoms with Crippen LogP contribution in [0.5, 0.6) is 5.75 Å². The van der Waals surface area contributed by atoms with E-state index in [1.165, 1.54) is 12.3 Å². The van der Waals surface area contributed by atoms with Crippen molar-refractivity contribution >= 4 is 5.91 Å². The molecule has 0 aliphatic carbocycles. The zero-order valence-electron chi connectivity index (χ0n) is 13.1. The second kappa shape index (κ2) is 7.28. The standard InChI is InChI=1S/C17H20N2O4/c1-12-2-3-14(9-18-17(20)15-5-7-23-19-15)16(8-12)22-11-13-4-6-21-10-13/h2-3,5,7-8,13H,4,6,9-11H2,1H3,(H,18,20)/t13-/m1/s1. The summed E-state index contributed by atoms with van der Waals surface area (Å²) in [7, 11) is 0. The summed E-state index contributed by atoms with van der Waals surface area (Å²) in [6.45, 7) is 4.59. The van der Waals surface area contributed by atoms with Gasteiger partial charge in [-0.2, -0.15) is 0 Å². The second-order valence-corrected chi connectivity index (χ2v) is 5.72. The largest absolute Gasteiger partial charge is 0.493 e. The van der Waals surface area contributed by atoms with Gasteiger partial charge in [0.05, 0.1) is 13.2 Å². The third kappa shape index (κ3) is 4.10. The summed E-state index contributed by atoms with van der Waals surface area (Å²) in [5.74, 6) is 0.972. The number of amides is 1. The average molecular weight is 316 g/mol. The number of benzene rings is 1. The lowest BCUT2D eigenvalue weighted by Crippen LogP contribution is -2.23. The molecule has 1 fully saturated rings. The molecular formula is C17H20N2O4. The Kier molecular flexibility index (Phi) is 4.92. The quantitative estimate of drug-likeness (QED) is 0.885. The topological polar surface area (TPSA) is 73.6 Å². The van der Waals surface area contributed by atoms with Crippen molar-refractivity contribution in [2.75, 3.05) is 19.8 Å². The van der Waals surface area contributed by atoms with Crippen LogP contribution < -0.4 is 10.1 Å². The molecule has 6 nitrogen and oxygen atoms in total. The molecule has 122 valence electrons. The summed E-state index contributed by atoms with van der Waals surface area (Å²) in [6, 6.07) is 7.50. The van der Waals surface area contributed by atoms with Crippen LogP contribution in [0.25, 0.3) is 0 Å². The Morgan fingerprint density at radius 1 is 1.43 bits per heavy atom. The van der Waals surface area contributed by atoms with Gasteiger partial charge >= 0.3 is 0 Å². The minimum Gasteiger partial charge on any atom is -0.493 e. The SMILES string of the molecule is Cc1ccc(CNC(=O)c2ccon2)c(OC[C@@H]2CCOC2)c1. The molecule has 0 radical (unpaired) electrons. The molecule has 0 spiro atoms. The van der Waals surface area contributed by atoms with Crippen LogP contribution in [0.3, 0.4) is 0 Å². The first-order valence-electron chi connectivity index (χ1n) is 7.71. The van der Waals surface area contributed by atoms with Crippen LogP contribution in [0.2, 0.25) is 0 Å². The first-order chi connectivity index (χ1) is 11.2. The number of ether oxygens (including phenoxy) is 2. The fraction of sp³-hybridized carbons (Fsp3) is 0.412. The van der Waals surface area contributed by atoms with E-state index < -0.39 is 0 Å². The Morgan fingerprint density at radius 2 is 2.35 bits per heavy atom. The lowest BCUT2D eigenvalue weighted by molar-refractivity contribution is 0.0941. The molecule has 1 aromatic carbocycles. The molecule has 1 atom stereocenters. The van der Waals surface area contributed by atoms with Crippen molar-refractivity contribution in [2.45, 2.75) is 19.9 Å². The molecule has 2 heterocycles. The molecule has 6 heteroatoms. The summed E-state index contributed by atoms with van der Waals surface area (Å²) in [6.07, 6.45) is 2.41. The first kappa shape index (κ1) is 15.6. The highest BCUT2D eigenvalue weighted by molar-refractivity contribution is 5.91. The molecule has 1 aromatic heterocycles. The smallest absolute Gasteiger partial charge is 0.273 e. The van der Waals surface area contributed by atoms with Gasteiger partial charge in [0.25, 0.3) is 5.91 Å². The number of rotatable bonds is 6. The zero-order valence-corrected chi connectivity index (χ0v) is 13.1. The van der Waals surface area contributed by atoms with E-state index in [9.17, 15) is 4.79 Å². The van der Waals surface area contributed by atoms with E-state index in [2.05, 4.69) is 15.0 Å². The van der Waals surface area contributed by atoms with Crippen LogP contribution >= 0.6 is 0 Å². The number of nitrogens with one attached hydrogen (secondary N) is 1. The molecule has 1 saturated heterocycles. The number of hydrogen-bond acceptors (Lipinski definition) is 5. The number of hydrogen-bond donors (Lipinski definition) is 1. The maximum Gasteiger partial charge on any atom is 0.273 e. The zero-order chi connectivity index (χ0) is 16.1. The average Bonchev–Trinajstić information content (AvgIpc) is 3.25. The van der Waals surface area contributed by atoms with E-state index in [1.807, 2.05) is 25.1 Å². The number of carbonyl (C=O) groups excluding carboxylic acids is 1. The predicted molar refractivity (Wildman–Crippen MR) is 83.3 cm³/mol. The summed E-state index contributed by atoms with van der Waals surface area (Å²) >= 11 is 0. The van der Waals surface area contributed by atoms with Crippen molar-refractivity contribution in [3.8, 4) is 5.75 Å². The summed E-state index contributed by atoms with van der Waals surface area (Å²) in [5, 5.41) is 6.44. The molecule has 1 aliphatic rings. The highest BCUT2D eigenvalue weighted by atomic mass is 16.5. The second-order valence-electron chi connectivity index (χ2n) is 5.72. The highest BCUT2D eigenvalue weighted by Gasteiger charge is 2.17. The monoisotopic (exact) mass is 316 g/mol. The third-order valence-electron chi connectivity index (χ3n) is 3.83. The highest BCUT2D eigenvalue weighted by Crippen LogP contribution is 2.22. The molecule has 2 aromatic rings. The number of carbonyl (C=O) groups is 1. The van der Waals surface area contributed by atoms with Gasteiger partial charge < -0.3 is 19.3 Å².